The summed E-state index contributed by atoms with van der Waals surface area (Å²) in [5.74, 6) is -1.89. The van der Waals surface area contributed by atoms with Crippen molar-refractivity contribution in [3.05, 3.63) is 46.5 Å². The van der Waals surface area contributed by atoms with E-state index in [4.69, 9.17) is 23.2 Å². The van der Waals surface area contributed by atoms with Crippen LogP contribution in [0.3, 0.4) is 0 Å². The summed E-state index contributed by atoms with van der Waals surface area (Å²) in [6.45, 7) is 0.461. The minimum Gasteiger partial charge on any atom is -0.505 e. The number of aromatic hydroxyl groups is 1. The number of sulfonamides is 1. The zero-order valence-corrected chi connectivity index (χ0v) is 15.1. The van der Waals surface area contributed by atoms with Crippen LogP contribution in [0.1, 0.15) is 6.92 Å². The van der Waals surface area contributed by atoms with E-state index < -0.39 is 44.7 Å². The van der Waals surface area contributed by atoms with Crippen LogP contribution in [0.25, 0.3) is 0 Å². The lowest BCUT2D eigenvalue weighted by molar-refractivity contribution is -0.211. The van der Waals surface area contributed by atoms with Crippen LogP contribution in [0, 0.1) is 11.3 Å². The first-order valence-corrected chi connectivity index (χ1v) is 9.23. The quantitative estimate of drug-likeness (QED) is 0.770. The van der Waals surface area contributed by atoms with Gasteiger partial charge in [0.1, 0.15) is 4.90 Å². The van der Waals surface area contributed by atoms with Crippen LogP contribution in [0.2, 0.25) is 10.0 Å². The highest BCUT2D eigenvalue weighted by molar-refractivity contribution is 7.89. The van der Waals surface area contributed by atoms with Gasteiger partial charge in [0, 0.05) is 17.5 Å². The van der Waals surface area contributed by atoms with Crippen LogP contribution in [0.15, 0.2) is 41.3 Å². The van der Waals surface area contributed by atoms with Gasteiger partial charge in [0.15, 0.2) is 5.75 Å². The van der Waals surface area contributed by atoms with Gasteiger partial charge in [0.25, 0.3) is 0 Å². The van der Waals surface area contributed by atoms with Crippen LogP contribution in [-0.4, -0.2) is 26.2 Å². The molecule has 1 aromatic rings. The van der Waals surface area contributed by atoms with Crippen LogP contribution in [0.5, 0.6) is 5.75 Å². The number of nitrogens with one attached hydrogen (secondary N) is 1. The highest BCUT2D eigenvalue weighted by Gasteiger charge is 2.53. The molecule has 1 aliphatic rings. The topological polar surface area (TPSA) is 66.4 Å². The minimum absolute atomic E-state index is 0.0381. The van der Waals surface area contributed by atoms with Crippen LogP contribution < -0.4 is 4.72 Å². The van der Waals surface area contributed by atoms with Crippen molar-refractivity contribution in [1.29, 1.82) is 0 Å². The molecular weight excluding hydrogens is 402 g/mol. The highest BCUT2D eigenvalue weighted by Crippen LogP contribution is 2.47. The molecule has 2 rings (SSSR count). The third-order valence-corrected chi connectivity index (χ3v) is 6.00. The number of hydrogen-bond donors (Lipinski definition) is 2. The van der Waals surface area contributed by atoms with Crippen molar-refractivity contribution in [2.45, 2.75) is 18.0 Å². The summed E-state index contributed by atoms with van der Waals surface area (Å²) in [7, 11) is -4.33. The Labute approximate surface area is 153 Å². The third kappa shape index (κ3) is 3.97. The number of phenolic OH excluding ortho intramolecular Hbond substituents is 1. The van der Waals surface area contributed by atoms with Gasteiger partial charge in [-0.3, -0.25) is 0 Å². The molecule has 0 radical (unpaired) electrons. The predicted octanol–water partition coefficient (Wildman–Crippen LogP) is 4.29. The molecule has 0 heterocycles. The molecule has 0 bridgehead atoms. The average Bonchev–Trinajstić information content (AvgIpc) is 2.49. The summed E-state index contributed by atoms with van der Waals surface area (Å²) in [5, 5.41) is 9.49. The second-order valence-corrected chi connectivity index (χ2v) is 8.30. The Morgan fingerprint density at radius 2 is 1.92 bits per heavy atom. The molecule has 0 spiro atoms. The maximum absolute atomic E-state index is 13.4. The lowest BCUT2D eigenvalue weighted by Gasteiger charge is -2.37. The lowest BCUT2D eigenvalue weighted by Crippen LogP contribution is -2.45. The molecule has 4 nitrogen and oxygen atoms in total. The fraction of sp³-hybridized carbons (Fsp3) is 0.333. The zero-order chi connectivity index (χ0) is 19.0. The molecule has 0 saturated heterocycles. The summed E-state index contributed by atoms with van der Waals surface area (Å²) in [5.41, 5.74) is -2.22. The van der Waals surface area contributed by atoms with Gasteiger partial charge in [-0.25, -0.2) is 13.1 Å². The van der Waals surface area contributed by atoms with Gasteiger partial charge < -0.3 is 5.11 Å². The molecular formula is C15H14Cl2F3NO3S. The Morgan fingerprint density at radius 1 is 1.28 bits per heavy atom. The summed E-state index contributed by atoms with van der Waals surface area (Å²) >= 11 is 11.4. The Kier molecular flexibility index (Phi) is 5.49. The van der Waals surface area contributed by atoms with Crippen molar-refractivity contribution >= 4 is 33.2 Å². The monoisotopic (exact) mass is 415 g/mol. The number of allylic oxidation sites excluding steroid dienone is 3. The van der Waals surface area contributed by atoms with Gasteiger partial charge in [-0.1, -0.05) is 47.5 Å². The molecule has 2 atom stereocenters. The fourth-order valence-electron chi connectivity index (χ4n) is 2.39. The Bertz CT molecular complexity index is 837. The predicted molar refractivity (Wildman–Crippen MR) is 89.2 cm³/mol. The van der Waals surface area contributed by atoms with Crippen molar-refractivity contribution < 1.29 is 26.7 Å². The van der Waals surface area contributed by atoms with E-state index in [0.717, 1.165) is 25.1 Å². The van der Waals surface area contributed by atoms with Gasteiger partial charge in [-0.05, 0) is 19.1 Å². The van der Waals surface area contributed by atoms with E-state index in [1.54, 1.807) is 0 Å². The minimum atomic E-state index is -4.56. The number of hydrogen-bond acceptors (Lipinski definition) is 3. The molecule has 0 fully saturated rings. The van der Waals surface area contributed by atoms with Gasteiger partial charge in [0.05, 0.1) is 10.4 Å². The maximum atomic E-state index is 13.4. The van der Waals surface area contributed by atoms with Gasteiger partial charge >= 0.3 is 6.18 Å². The standard InChI is InChI=1S/C15H14Cl2F3NO3S/c1-14(15(18,19)20)5-3-2-4-9(14)8-21-25(23,24)12-7-10(16)6-11(17)13(12)22/h2-7,9,21-22H,8H2,1H3. The Balaban J connectivity index is 2.28. The molecule has 10 heteroatoms. The van der Waals surface area contributed by atoms with E-state index in [2.05, 4.69) is 4.72 Å². The van der Waals surface area contributed by atoms with Gasteiger partial charge in [-0.2, -0.15) is 13.2 Å². The summed E-state index contributed by atoms with van der Waals surface area (Å²) in [6.07, 6.45) is 0.383. The van der Waals surface area contributed by atoms with E-state index in [9.17, 15) is 26.7 Å². The van der Waals surface area contributed by atoms with Crippen molar-refractivity contribution in [2.24, 2.45) is 11.3 Å². The Morgan fingerprint density at radius 3 is 2.52 bits per heavy atom. The number of halogens is 5. The van der Waals surface area contributed by atoms with Crippen LogP contribution >= 0.6 is 23.2 Å². The molecule has 138 valence electrons. The fourth-order valence-corrected chi connectivity index (χ4v) is 4.20. The lowest BCUT2D eigenvalue weighted by atomic mass is 9.74. The van der Waals surface area contributed by atoms with E-state index in [1.165, 1.54) is 18.2 Å². The smallest absolute Gasteiger partial charge is 0.398 e. The largest absolute Gasteiger partial charge is 0.505 e. The summed E-state index contributed by atoms with van der Waals surface area (Å²) in [4.78, 5) is -0.603. The van der Waals surface area contributed by atoms with E-state index in [0.29, 0.717) is 0 Å². The molecule has 2 N–H and O–H groups in total. The van der Waals surface area contributed by atoms with E-state index >= 15 is 0 Å². The van der Waals surface area contributed by atoms with Crippen molar-refractivity contribution in [3.63, 3.8) is 0 Å². The van der Waals surface area contributed by atoms with Crippen LogP contribution in [0.4, 0.5) is 13.2 Å². The summed E-state index contributed by atoms with van der Waals surface area (Å²) in [6, 6.07) is 2.11. The molecule has 1 aromatic carbocycles. The number of phenols is 1. The first-order valence-electron chi connectivity index (χ1n) is 6.99. The Hall–Kier alpha value is -1.22. The maximum Gasteiger partial charge on any atom is 0.398 e. The molecule has 25 heavy (non-hydrogen) atoms. The van der Waals surface area contributed by atoms with Gasteiger partial charge in [-0.15, -0.1) is 0 Å². The zero-order valence-electron chi connectivity index (χ0n) is 12.8. The van der Waals surface area contributed by atoms with E-state index in [1.807, 2.05) is 0 Å². The molecule has 0 aliphatic heterocycles. The normalized spacial score (nSPS) is 23.8. The third-order valence-electron chi connectivity index (χ3n) is 4.05. The van der Waals surface area contributed by atoms with Crippen molar-refractivity contribution in [2.75, 3.05) is 6.54 Å². The SMILES string of the molecule is CC1(C(F)(F)F)C=CC=CC1CNS(=O)(=O)c1cc(Cl)cc(Cl)c1O. The average molecular weight is 416 g/mol. The van der Waals surface area contributed by atoms with Crippen LogP contribution in [-0.2, 0) is 10.0 Å². The molecule has 0 aromatic heterocycles. The molecule has 0 amide bonds. The van der Waals surface area contributed by atoms with E-state index in [-0.39, 0.29) is 10.0 Å². The molecule has 2 unspecified atom stereocenters. The van der Waals surface area contributed by atoms with Crippen molar-refractivity contribution in [3.8, 4) is 5.75 Å². The summed E-state index contributed by atoms with van der Waals surface area (Å²) < 4.78 is 66.8. The van der Waals surface area contributed by atoms with Crippen molar-refractivity contribution in [1.82, 2.24) is 4.72 Å². The highest BCUT2D eigenvalue weighted by atomic mass is 35.5. The second kappa shape index (κ2) is 6.83. The molecule has 1 aliphatic carbocycles. The number of alkyl halides is 3. The first kappa shape index (κ1) is 20.1. The second-order valence-electron chi connectivity index (χ2n) is 5.72. The number of rotatable bonds is 4. The van der Waals surface area contributed by atoms with Gasteiger partial charge in [0.2, 0.25) is 10.0 Å². The first-order chi connectivity index (χ1) is 11.4. The number of benzene rings is 1. The molecule has 0 saturated carbocycles.